The van der Waals surface area contributed by atoms with Crippen LogP contribution in [0.4, 0.5) is 0 Å². The van der Waals surface area contributed by atoms with Gasteiger partial charge in [-0.15, -0.1) is 0 Å². The molecule has 98 valence electrons. The maximum atomic E-state index is 11.0. The summed E-state index contributed by atoms with van der Waals surface area (Å²) in [7, 11) is 0. The van der Waals surface area contributed by atoms with Gasteiger partial charge in [-0.1, -0.05) is 12.1 Å². The van der Waals surface area contributed by atoms with Gasteiger partial charge in [-0.25, -0.2) is 0 Å². The molecule has 3 nitrogen and oxygen atoms in total. The third-order valence-electron chi connectivity index (χ3n) is 2.62. The molecule has 2 aromatic carbocycles. The molecule has 0 atom stereocenters. The summed E-state index contributed by atoms with van der Waals surface area (Å²) in [5, 5.41) is 9.51. The highest BCUT2D eigenvalue weighted by Gasteiger charge is 2.06. The van der Waals surface area contributed by atoms with Gasteiger partial charge in [0.1, 0.15) is 17.8 Å². The van der Waals surface area contributed by atoms with Crippen LogP contribution in [0.2, 0.25) is 0 Å². The smallest absolute Gasteiger partial charge is 0.150 e. The molecule has 2 aromatic rings. The number of ether oxygens (including phenoxy) is 1. The van der Waals surface area contributed by atoms with Gasteiger partial charge < -0.3 is 9.84 Å². The molecule has 0 aliphatic rings. The summed E-state index contributed by atoms with van der Waals surface area (Å²) in [4.78, 5) is 11.0. The Morgan fingerprint density at radius 1 is 1.11 bits per heavy atom. The second kappa shape index (κ2) is 5.57. The average Bonchev–Trinajstić information content (AvgIpc) is 2.37. The molecule has 0 saturated heterocycles. The third-order valence-corrected chi connectivity index (χ3v) is 2.62. The molecule has 0 radical (unpaired) electrons. The topological polar surface area (TPSA) is 46.5 Å². The third kappa shape index (κ3) is 3.35. The fraction of sp³-hybridized carbons (Fsp3) is 0.188. The van der Waals surface area contributed by atoms with Crippen molar-refractivity contribution < 1.29 is 14.6 Å². The SMILES string of the molecule is CC(C)Oc1cc(C=O)cc(-c2cccc(O)c2)c1. The predicted octanol–water partition coefficient (Wildman–Crippen LogP) is 3.66. The van der Waals surface area contributed by atoms with E-state index in [1.165, 1.54) is 0 Å². The molecule has 0 bridgehead atoms. The molecule has 1 N–H and O–H groups in total. The monoisotopic (exact) mass is 256 g/mol. The van der Waals surface area contributed by atoms with Gasteiger partial charge in [-0.2, -0.15) is 0 Å². The van der Waals surface area contributed by atoms with Crippen LogP contribution in [0, 0.1) is 0 Å². The van der Waals surface area contributed by atoms with Crippen LogP contribution in [-0.4, -0.2) is 17.5 Å². The van der Waals surface area contributed by atoms with E-state index in [9.17, 15) is 9.90 Å². The number of aromatic hydroxyl groups is 1. The molecule has 0 fully saturated rings. The number of phenolic OH excluding ortho intramolecular Hbond substituents is 1. The standard InChI is InChI=1S/C16H16O3/c1-11(2)19-16-7-12(10-17)6-14(9-16)13-4-3-5-15(18)8-13/h3-11,18H,1-2H3. The van der Waals surface area contributed by atoms with Gasteiger partial charge in [0.25, 0.3) is 0 Å². The number of rotatable bonds is 4. The van der Waals surface area contributed by atoms with Crippen molar-refractivity contribution in [3.05, 3.63) is 48.0 Å². The zero-order valence-electron chi connectivity index (χ0n) is 11.0. The number of carbonyl (C=O) groups is 1. The first-order valence-corrected chi connectivity index (χ1v) is 6.15. The highest BCUT2D eigenvalue weighted by atomic mass is 16.5. The molecule has 0 amide bonds. The van der Waals surface area contributed by atoms with E-state index in [4.69, 9.17) is 4.74 Å². The van der Waals surface area contributed by atoms with Crippen molar-refractivity contribution in [1.29, 1.82) is 0 Å². The Morgan fingerprint density at radius 3 is 2.53 bits per heavy atom. The van der Waals surface area contributed by atoms with Crippen molar-refractivity contribution in [1.82, 2.24) is 0 Å². The van der Waals surface area contributed by atoms with Gasteiger partial charge >= 0.3 is 0 Å². The zero-order chi connectivity index (χ0) is 13.8. The Hall–Kier alpha value is -2.29. The van der Waals surface area contributed by atoms with Crippen LogP contribution in [0.3, 0.4) is 0 Å². The van der Waals surface area contributed by atoms with Crippen molar-refractivity contribution in [2.45, 2.75) is 20.0 Å². The second-order valence-electron chi connectivity index (χ2n) is 4.63. The minimum atomic E-state index is 0.0407. The first kappa shape index (κ1) is 13.1. The molecule has 0 unspecified atom stereocenters. The number of hydrogen-bond donors (Lipinski definition) is 1. The molecule has 0 aromatic heterocycles. The molecule has 0 aliphatic carbocycles. The quantitative estimate of drug-likeness (QED) is 0.849. The first-order valence-electron chi connectivity index (χ1n) is 6.15. The van der Waals surface area contributed by atoms with Crippen molar-refractivity contribution in [3.63, 3.8) is 0 Å². The molecule has 19 heavy (non-hydrogen) atoms. The maximum absolute atomic E-state index is 11.0. The Morgan fingerprint density at radius 2 is 1.89 bits per heavy atom. The van der Waals surface area contributed by atoms with Crippen molar-refractivity contribution in [2.24, 2.45) is 0 Å². The average molecular weight is 256 g/mol. The molecular formula is C16H16O3. The summed E-state index contributed by atoms with van der Waals surface area (Å²) in [6, 6.07) is 12.3. The second-order valence-corrected chi connectivity index (χ2v) is 4.63. The van der Waals surface area contributed by atoms with E-state index >= 15 is 0 Å². The van der Waals surface area contributed by atoms with E-state index in [0.717, 1.165) is 17.4 Å². The minimum Gasteiger partial charge on any atom is -0.508 e. The van der Waals surface area contributed by atoms with Gasteiger partial charge in [-0.3, -0.25) is 4.79 Å². The lowest BCUT2D eigenvalue weighted by Crippen LogP contribution is -2.05. The Labute approximate surface area is 112 Å². The van der Waals surface area contributed by atoms with Gasteiger partial charge in [0.05, 0.1) is 6.10 Å². The molecule has 0 aliphatic heterocycles. The summed E-state index contributed by atoms with van der Waals surface area (Å²) in [6.45, 7) is 3.86. The van der Waals surface area contributed by atoms with Crippen LogP contribution in [-0.2, 0) is 0 Å². The molecule has 0 heterocycles. The molecule has 3 heteroatoms. The van der Waals surface area contributed by atoms with E-state index in [1.807, 2.05) is 26.0 Å². The molecule has 0 spiro atoms. The lowest BCUT2D eigenvalue weighted by atomic mass is 10.0. The van der Waals surface area contributed by atoms with Crippen LogP contribution < -0.4 is 4.74 Å². The Kier molecular flexibility index (Phi) is 3.85. The number of hydrogen-bond acceptors (Lipinski definition) is 3. The van der Waals surface area contributed by atoms with Gasteiger partial charge in [0, 0.05) is 5.56 Å². The van der Waals surface area contributed by atoms with Crippen LogP contribution in [0.15, 0.2) is 42.5 Å². The normalized spacial score (nSPS) is 10.5. The highest BCUT2D eigenvalue weighted by molar-refractivity contribution is 5.80. The van der Waals surface area contributed by atoms with E-state index in [-0.39, 0.29) is 11.9 Å². The largest absolute Gasteiger partial charge is 0.508 e. The minimum absolute atomic E-state index is 0.0407. The van der Waals surface area contributed by atoms with E-state index in [0.29, 0.717) is 11.3 Å². The predicted molar refractivity (Wildman–Crippen MR) is 74.7 cm³/mol. The maximum Gasteiger partial charge on any atom is 0.150 e. The number of benzene rings is 2. The lowest BCUT2D eigenvalue weighted by Gasteiger charge is -2.12. The van der Waals surface area contributed by atoms with Gasteiger partial charge in [0.15, 0.2) is 0 Å². The molecule has 0 saturated carbocycles. The Balaban J connectivity index is 2.47. The van der Waals surface area contributed by atoms with E-state index in [1.54, 1.807) is 30.3 Å². The van der Waals surface area contributed by atoms with Crippen molar-refractivity contribution in [3.8, 4) is 22.6 Å². The molecular weight excluding hydrogens is 240 g/mol. The lowest BCUT2D eigenvalue weighted by molar-refractivity contribution is 0.112. The summed E-state index contributed by atoms with van der Waals surface area (Å²) in [6.07, 6.45) is 0.832. The van der Waals surface area contributed by atoms with Crippen molar-refractivity contribution in [2.75, 3.05) is 0 Å². The fourth-order valence-electron chi connectivity index (χ4n) is 1.88. The summed E-state index contributed by atoms with van der Waals surface area (Å²) >= 11 is 0. The van der Waals surface area contributed by atoms with Crippen LogP contribution in [0.25, 0.3) is 11.1 Å². The van der Waals surface area contributed by atoms with Crippen LogP contribution >= 0.6 is 0 Å². The number of phenols is 1. The first-order chi connectivity index (χ1) is 9.08. The van der Waals surface area contributed by atoms with Crippen molar-refractivity contribution >= 4 is 6.29 Å². The van der Waals surface area contributed by atoms with Crippen LogP contribution in [0.5, 0.6) is 11.5 Å². The summed E-state index contributed by atoms with van der Waals surface area (Å²) < 4.78 is 5.63. The summed E-state index contributed by atoms with van der Waals surface area (Å²) in [5.41, 5.74) is 2.24. The number of carbonyl (C=O) groups excluding carboxylic acids is 1. The van der Waals surface area contributed by atoms with E-state index in [2.05, 4.69) is 0 Å². The van der Waals surface area contributed by atoms with Crippen LogP contribution in [0.1, 0.15) is 24.2 Å². The highest BCUT2D eigenvalue weighted by Crippen LogP contribution is 2.28. The molecule has 2 rings (SSSR count). The summed E-state index contributed by atoms with van der Waals surface area (Å²) in [5.74, 6) is 0.846. The van der Waals surface area contributed by atoms with Gasteiger partial charge in [0.2, 0.25) is 0 Å². The van der Waals surface area contributed by atoms with Gasteiger partial charge in [-0.05, 0) is 55.3 Å². The number of aldehydes is 1. The van der Waals surface area contributed by atoms with E-state index < -0.39 is 0 Å². The Bertz CT molecular complexity index is 588. The fourth-order valence-corrected chi connectivity index (χ4v) is 1.88. The zero-order valence-corrected chi connectivity index (χ0v) is 11.0.